The Labute approximate surface area is 283 Å². The number of rotatable bonds is 16. The van der Waals surface area contributed by atoms with Crippen molar-refractivity contribution in [3.63, 3.8) is 0 Å². The van der Waals surface area contributed by atoms with Crippen LogP contribution in [0.15, 0.2) is 126 Å². The highest BCUT2D eigenvalue weighted by atomic mass is 32.2. The second kappa shape index (κ2) is 19.2. The van der Waals surface area contributed by atoms with Crippen LogP contribution in [-0.4, -0.2) is 47.7 Å². The van der Waals surface area contributed by atoms with Crippen LogP contribution in [0.1, 0.15) is 22.3 Å². The number of ether oxygens (including phenoxy) is 1. The fraction of sp³-hybridized carbons (Fsp3) is 0.222. The summed E-state index contributed by atoms with van der Waals surface area (Å²) in [6, 6.07) is 33.5. The molecule has 4 amide bonds. The van der Waals surface area contributed by atoms with Crippen LogP contribution < -0.4 is 16.0 Å². The molecule has 0 aliphatic rings. The lowest BCUT2D eigenvalue weighted by Gasteiger charge is -2.25. The molecular formula is C36H36N6O5S. The first-order valence-corrected chi connectivity index (χ1v) is 16.4. The molecule has 4 aromatic carbocycles. The number of hydrogen-bond donors (Lipinski definition) is 3. The Morgan fingerprint density at radius 2 is 1.08 bits per heavy atom. The van der Waals surface area contributed by atoms with Gasteiger partial charge >= 0.3 is 6.09 Å². The number of amides is 4. The van der Waals surface area contributed by atoms with Crippen molar-refractivity contribution in [3.8, 4) is 0 Å². The summed E-state index contributed by atoms with van der Waals surface area (Å²) in [5.41, 5.74) is 12.2. The van der Waals surface area contributed by atoms with Crippen molar-refractivity contribution in [2.75, 3.05) is 5.75 Å². The maximum absolute atomic E-state index is 13.8. The Morgan fingerprint density at radius 3 is 1.62 bits per heavy atom. The molecule has 11 nitrogen and oxygen atoms in total. The zero-order valence-electron chi connectivity index (χ0n) is 26.1. The fourth-order valence-corrected chi connectivity index (χ4v) is 5.74. The molecule has 0 radical (unpaired) electrons. The molecule has 246 valence electrons. The van der Waals surface area contributed by atoms with Gasteiger partial charge < -0.3 is 20.7 Å². The first-order valence-electron chi connectivity index (χ1n) is 15.3. The second-order valence-corrected chi connectivity index (χ2v) is 11.8. The number of nitrogens with one attached hydrogen (secondary N) is 3. The summed E-state index contributed by atoms with van der Waals surface area (Å²) in [5, 5.41) is 11.3. The lowest BCUT2D eigenvalue weighted by atomic mass is 10.0. The quantitative estimate of drug-likeness (QED) is 0.0813. The van der Waals surface area contributed by atoms with E-state index in [1.165, 1.54) is 11.8 Å². The second-order valence-electron chi connectivity index (χ2n) is 10.8. The van der Waals surface area contributed by atoms with Gasteiger partial charge in [0.1, 0.15) is 18.7 Å². The number of thioether (sulfide) groups is 1. The molecule has 3 N–H and O–H groups in total. The minimum atomic E-state index is -1.17. The molecule has 0 spiro atoms. The molecule has 3 atom stereocenters. The largest absolute Gasteiger partial charge is 0.445 e. The van der Waals surface area contributed by atoms with Gasteiger partial charge in [-0.15, -0.1) is 0 Å². The number of alkyl carbamates (subject to hydrolysis) is 1. The highest BCUT2D eigenvalue weighted by Gasteiger charge is 2.30. The highest BCUT2D eigenvalue weighted by Crippen LogP contribution is 2.14. The van der Waals surface area contributed by atoms with Crippen molar-refractivity contribution < 1.29 is 23.9 Å². The van der Waals surface area contributed by atoms with E-state index in [2.05, 4.69) is 26.0 Å². The minimum absolute atomic E-state index is 0.0131. The van der Waals surface area contributed by atoms with E-state index in [-0.39, 0.29) is 25.2 Å². The summed E-state index contributed by atoms with van der Waals surface area (Å²) in [6.07, 6.45) is -0.621. The van der Waals surface area contributed by atoms with Gasteiger partial charge in [-0.3, -0.25) is 14.4 Å². The van der Waals surface area contributed by atoms with Crippen LogP contribution in [-0.2, 0) is 44.3 Å². The number of carbonyl (C=O) groups is 4. The van der Waals surface area contributed by atoms with E-state index in [0.717, 1.165) is 22.3 Å². The third-order valence-electron chi connectivity index (χ3n) is 7.17. The lowest BCUT2D eigenvalue weighted by Crippen LogP contribution is -2.57. The topological polar surface area (TPSA) is 162 Å². The van der Waals surface area contributed by atoms with Gasteiger partial charge in [0.25, 0.3) is 0 Å². The minimum Gasteiger partial charge on any atom is -0.445 e. The van der Waals surface area contributed by atoms with E-state index >= 15 is 0 Å². The van der Waals surface area contributed by atoms with Gasteiger partial charge in [-0.05, 0) is 39.3 Å². The number of nitrogens with zero attached hydrogens (tertiary/aromatic N) is 3. The molecule has 0 aliphatic carbocycles. The Hall–Kier alpha value is -5.58. The molecular weight excluding hydrogens is 629 g/mol. The van der Waals surface area contributed by atoms with E-state index in [0.29, 0.717) is 5.75 Å². The molecule has 0 unspecified atom stereocenters. The lowest BCUT2D eigenvalue weighted by molar-refractivity contribution is -0.131. The Balaban J connectivity index is 1.51. The van der Waals surface area contributed by atoms with E-state index in [4.69, 9.17) is 10.3 Å². The van der Waals surface area contributed by atoms with Crippen molar-refractivity contribution in [1.82, 2.24) is 16.0 Å². The zero-order valence-corrected chi connectivity index (χ0v) is 26.9. The van der Waals surface area contributed by atoms with Crippen LogP contribution >= 0.6 is 11.8 Å². The average molecular weight is 665 g/mol. The maximum atomic E-state index is 13.8. The molecule has 0 bridgehead atoms. The van der Waals surface area contributed by atoms with Crippen LogP contribution in [0, 0.1) is 0 Å². The van der Waals surface area contributed by atoms with Crippen molar-refractivity contribution >= 4 is 35.6 Å². The molecule has 0 saturated heterocycles. The van der Waals surface area contributed by atoms with Crippen LogP contribution in [0.5, 0.6) is 0 Å². The van der Waals surface area contributed by atoms with E-state index in [9.17, 15) is 19.2 Å². The summed E-state index contributed by atoms with van der Waals surface area (Å²) in [4.78, 5) is 55.8. The summed E-state index contributed by atoms with van der Waals surface area (Å²) in [6.45, 7) is 0.0131. The first-order chi connectivity index (χ1) is 23.4. The maximum Gasteiger partial charge on any atom is 0.408 e. The van der Waals surface area contributed by atoms with Crippen molar-refractivity contribution in [1.29, 1.82) is 0 Å². The van der Waals surface area contributed by atoms with Gasteiger partial charge in [0.2, 0.25) is 17.7 Å². The van der Waals surface area contributed by atoms with Gasteiger partial charge in [-0.25, -0.2) is 4.79 Å². The Kier molecular flexibility index (Phi) is 14.1. The van der Waals surface area contributed by atoms with E-state index < -0.39 is 41.9 Å². The first kappa shape index (κ1) is 35.3. The monoisotopic (exact) mass is 664 g/mol. The van der Waals surface area contributed by atoms with Gasteiger partial charge in [-0.2, -0.15) is 11.8 Å². The Morgan fingerprint density at radius 1 is 0.625 bits per heavy atom. The van der Waals surface area contributed by atoms with Gasteiger partial charge in [0.05, 0.1) is 6.04 Å². The molecule has 0 fully saturated rings. The van der Waals surface area contributed by atoms with Crippen molar-refractivity contribution in [2.24, 2.45) is 5.11 Å². The number of carbonyl (C=O) groups excluding carboxylic acids is 4. The standard InChI is InChI=1S/C36H36N6O5S/c37-42-41-35(45)31(22-27-15-7-2-8-16-27)39-33(43)30(21-26-13-5-1-6-14-26)38-34(44)32(25-48-24-29-19-11-4-12-20-29)40-36(46)47-23-28-17-9-3-10-18-28/h1-20,30-32H,21-25H2,(H,38,44)(H,39,43)(H,40,46)/t30-,31-,32-/m0/s1. The molecule has 0 heterocycles. The highest BCUT2D eigenvalue weighted by molar-refractivity contribution is 7.98. The summed E-state index contributed by atoms with van der Waals surface area (Å²) >= 11 is 1.44. The van der Waals surface area contributed by atoms with Gasteiger partial charge in [-0.1, -0.05) is 121 Å². The average Bonchev–Trinajstić information content (AvgIpc) is 3.11. The van der Waals surface area contributed by atoms with Crippen molar-refractivity contribution in [3.05, 3.63) is 154 Å². The number of azide groups is 1. The Bertz CT molecular complexity index is 1670. The van der Waals surface area contributed by atoms with E-state index in [1.807, 2.05) is 97.1 Å². The normalized spacial score (nSPS) is 12.3. The predicted molar refractivity (Wildman–Crippen MR) is 184 cm³/mol. The summed E-state index contributed by atoms with van der Waals surface area (Å²) < 4.78 is 5.38. The van der Waals surface area contributed by atoms with Gasteiger partial charge in [0.15, 0.2) is 0 Å². The van der Waals surface area contributed by atoms with E-state index in [1.54, 1.807) is 24.3 Å². The molecule has 0 aromatic heterocycles. The van der Waals surface area contributed by atoms with Gasteiger partial charge in [0, 0.05) is 22.8 Å². The number of hydrogen-bond acceptors (Lipinski definition) is 6. The van der Waals surface area contributed by atoms with Crippen LogP contribution in [0.25, 0.3) is 10.4 Å². The molecule has 0 saturated carbocycles. The third-order valence-corrected chi connectivity index (χ3v) is 8.28. The third kappa shape index (κ3) is 12.0. The SMILES string of the molecule is [N-]=[N+]=NC(=O)[C@H](Cc1ccccc1)NC(=O)[C@H](Cc1ccccc1)NC(=O)[C@H](CSCc1ccccc1)NC(=O)OCc1ccccc1. The zero-order chi connectivity index (χ0) is 34.0. The van der Waals surface area contributed by atoms with Crippen LogP contribution in [0.2, 0.25) is 0 Å². The molecule has 12 heteroatoms. The smallest absolute Gasteiger partial charge is 0.408 e. The predicted octanol–water partition coefficient (Wildman–Crippen LogP) is 5.51. The molecule has 0 aliphatic heterocycles. The summed E-state index contributed by atoms with van der Waals surface area (Å²) in [7, 11) is 0. The van der Waals surface area contributed by atoms with Crippen LogP contribution in [0.3, 0.4) is 0 Å². The molecule has 4 rings (SSSR count). The van der Waals surface area contributed by atoms with Crippen molar-refractivity contribution in [2.45, 2.75) is 43.3 Å². The molecule has 48 heavy (non-hydrogen) atoms. The number of benzene rings is 4. The molecule has 4 aromatic rings. The fourth-order valence-electron chi connectivity index (χ4n) is 4.73. The van der Waals surface area contributed by atoms with Crippen LogP contribution in [0.4, 0.5) is 4.79 Å². The summed E-state index contributed by atoms with van der Waals surface area (Å²) in [5.74, 6) is -1.35.